The van der Waals surface area contributed by atoms with Crippen LogP contribution in [-0.4, -0.2) is 41.6 Å². The number of carbonyl (C=O) groups excluding carboxylic acids is 1. The Balaban J connectivity index is 1.76. The quantitative estimate of drug-likeness (QED) is 0.868. The third kappa shape index (κ3) is 4.05. The summed E-state index contributed by atoms with van der Waals surface area (Å²) in [5.74, 6) is -0.277. The first kappa shape index (κ1) is 18.4. The molecule has 5 nitrogen and oxygen atoms in total. The summed E-state index contributed by atoms with van der Waals surface area (Å²) in [4.78, 5) is 27.9. The number of benzene rings is 1. The van der Waals surface area contributed by atoms with Crippen molar-refractivity contribution < 1.29 is 4.79 Å². The Morgan fingerprint density at radius 1 is 1.15 bits per heavy atom. The molecule has 1 saturated heterocycles. The second kappa shape index (κ2) is 8.32. The molecule has 138 valence electrons. The van der Waals surface area contributed by atoms with Crippen molar-refractivity contribution in [3.63, 3.8) is 0 Å². The summed E-state index contributed by atoms with van der Waals surface area (Å²) in [6, 6.07) is 11.6. The van der Waals surface area contributed by atoms with Crippen LogP contribution in [-0.2, 0) is 0 Å². The fourth-order valence-electron chi connectivity index (χ4n) is 3.54. The first-order valence-electron chi connectivity index (χ1n) is 9.35. The average molecular weight is 353 g/mol. The van der Waals surface area contributed by atoms with Gasteiger partial charge in [0.25, 0.3) is 11.5 Å². The fraction of sp³-hybridized carbons (Fsp3) is 0.429. The molecule has 1 atom stereocenters. The molecule has 5 heteroatoms. The Hall–Kier alpha value is -2.40. The van der Waals surface area contributed by atoms with Gasteiger partial charge in [0.15, 0.2) is 0 Å². The fourth-order valence-corrected chi connectivity index (χ4v) is 3.54. The lowest BCUT2D eigenvalue weighted by molar-refractivity contribution is 0.0947. The highest BCUT2D eigenvalue weighted by Crippen LogP contribution is 2.16. The number of rotatable bonds is 6. The number of hydrogen-bond acceptors (Lipinski definition) is 3. The lowest BCUT2D eigenvalue weighted by atomic mass is 10.1. The summed E-state index contributed by atoms with van der Waals surface area (Å²) in [5.41, 5.74) is 1.76. The van der Waals surface area contributed by atoms with Gasteiger partial charge in [0.1, 0.15) is 5.56 Å². The molecule has 1 unspecified atom stereocenters. The molecule has 1 fully saturated rings. The molecule has 0 spiro atoms. The highest BCUT2D eigenvalue weighted by Gasteiger charge is 2.19. The van der Waals surface area contributed by atoms with E-state index in [-0.39, 0.29) is 23.1 Å². The number of amides is 1. The first-order valence-corrected chi connectivity index (χ1v) is 9.35. The van der Waals surface area contributed by atoms with E-state index in [4.69, 9.17) is 0 Å². The second-order valence-corrected chi connectivity index (χ2v) is 6.98. The van der Waals surface area contributed by atoms with Gasteiger partial charge in [-0.2, -0.15) is 0 Å². The van der Waals surface area contributed by atoms with Crippen LogP contribution >= 0.6 is 0 Å². The third-order valence-electron chi connectivity index (χ3n) is 5.17. The normalized spacial score (nSPS) is 15.8. The SMILES string of the molecule is Cc1ccn(C(C)c2ccccc2)c(=O)c1C(=O)NCCN1CCCC1. The van der Waals surface area contributed by atoms with Crippen LogP contribution in [0.2, 0.25) is 0 Å². The predicted molar refractivity (Wildman–Crippen MR) is 104 cm³/mol. The summed E-state index contributed by atoms with van der Waals surface area (Å²) >= 11 is 0. The van der Waals surface area contributed by atoms with Crippen molar-refractivity contribution in [3.05, 3.63) is 69.6 Å². The van der Waals surface area contributed by atoms with E-state index in [1.165, 1.54) is 12.8 Å². The van der Waals surface area contributed by atoms with E-state index in [1.807, 2.05) is 50.2 Å². The molecule has 0 aliphatic carbocycles. The topological polar surface area (TPSA) is 54.3 Å². The minimum Gasteiger partial charge on any atom is -0.351 e. The van der Waals surface area contributed by atoms with Crippen LogP contribution in [0.3, 0.4) is 0 Å². The van der Waals surface area contributed by atoms with Crippen molar-refractivity contribution >= 4 is 5.91 Å². The van der Waals surface area contributed by atoms with Gasteiger partial charge in [-0.05, 0) is 57.0 Å². The number of pyridine rings is 1. The van der Waals surface area contributed by atoms with E-state index in [0.717, 1.165) is 25.2 Å². The Labute approximate surface area is 154 Å². The molecule has 0 radical (unpaired) electrons. The van der Waals surface area contributed by atoms with Crippen molar-refractivity contribution in [1.29, 1.82) is 0 Å². The maximum Gasteiger partial charge on any atom is 0.264 e. The average Bonchev–Trinajstić information content (AvgIpc) is 3.15. The molecular weight excluding hydrogens is 326 g/mol. The van der Waals surface area contributed by atoms with Gasteiger partial charge in [-0.1, -0.05) is 30.3 Å². The molecule has 1 aliphatic rings. The molecule has 2 aromatic rings. The van der Waals surface area contributed by atoms with Crippen molar-refractivity contribution in [3.8, 4) is 0 Å². The minimum atomic E-state index is -0.277. The highest BCUT2D eigenvalue weighted by atomic mass is 16.2. The summed E-state index contributed by atoms with van der Waals surface area (Å²) < 4.78 is 1.64. The van der Waals surface area contributed by atoms with Crippen molar-refractivity contribution in [2.75, 3.05) is 26.2 Å². The maximum absolute atomic E-state index is 13.0. The van der Waals surface area contributed by atoms with Gasteiger partial charge in [-0.15, -0.1) is 0 Å². The summed E-state index contributed by atoms with van der Waals surface area (Å²) in [6.07, 6.45) is 4.23. The molecule has 0 bridgehead atoms. The highest BCUT2D eigenvalue weighted by molar-refractivity contribution is 5.95. The van der Waals surface area contributed by atoms with E-state index in [2.05, 4.69) is 10.2 Å². The Morgan fingerprint density at radius 2 is 1.85 bits per heavy atom. The van der Waals surface area contributed by atoms with Gasteiger partial charge < -0.3 is 14.8 Å². The molecule has 1 aromatic carbocycles. The van der Waals surface area contributed by atoms with Gasteiger partial charge >= 0.3 is 0 Å². The van der Waals surface area contributed by atoms with E-state index >= 15 is 0 Å². The number of carbonyl (C=O) groups is 1. The smallest absolute Gasteiger partial charge is 0.264 e. The second-order valence-electron chi connectivity index (χ2n) is 6.98. The van der Waals surface area contributed by atoms with Crippen LogP contribution in [0.5, 0.6) is 0 Å². The van der Waals surface area contributed by atoms with E-state index < -0.39 is 0 Å². The van der Waals surface area contributed by atoms with Gasteiger partial charge in [0.2, 0.25) is 0 Å². The lowest BCUT2D eigenvalue weighted by Gasteiger charge is -2.18. The van der Waals surface area contributed by atoms with Crippen LogP contribution < -0.4 is 10.9 Å². The van der Waals surface area contributed by atoms with Crippen LogP contribution in [0.1, 0.15) is 47.3 Å². The molecule has 3 rings (SSSR count). The number of hydrogen-bond donors (Lipinski definition) is 1. The Morgan fingerprint density at radius 3 is 2.54 bits per heavy atom. The molecule has 0 saturated carbocycles. The summed E-state index contributed by atoms with van der Waals surface area (Å²) in [6.45, 7) is 7.39. The number of aryl methyl sites for hydroxylation is 1. The largest absolute Gasteiger partial charge is 0.351 e. The summed E-state index contributed by atoms with van der Waals surface area (Å²) in [7, 11) is 0. The van der Waals surface area contributed by atoms with Crippen LogP contribution in [0.25, 0.3) is 0 Å². The van der Waals surface area contributed by atoms with Crippen molar-refractivity contribution in [1.82, 2.24) is 14.8 Å². The third-order valence-corrected chi connectivity index (χ3v) is 5.17. The van der Waals surface area contributed by atoms with Gasteiger partial charge in [-0.3, -0.25) is 9.59 Å². The zero-order chi connectivity index (χ0) is 18.5. The van der Waals surface area contributed by atoms with Crippen molar-refractivity contribution in [2.24, 2.45) is 0 Å². The predicted octanol–water partition coefficient (Wildman–Crippen LogP) is 2.59. The lowest BCUT2D eigenvalue weighted by Crippen LogP contribution is -2.38. The molecular formula is C21H27N3O2. The maximum atomic E-state index is 13.0. The van der Waals surface area contributed by atoms with E-state index in [9.17, 15) is 9.59 Å². The van der Waals surface area contributed by atoms with Crippen LogP contribution in [0, 0.1) is 6.92 Å². The molecule has 1 aliphatic heterocycles. The van der Waals surface area contributed by atoms with E-state index in [1.54, 1.807) is 10.8 Å². The molecule has 2 heterocycles. The zero-order valence-electron chi connectivity index (χ0n) is 15.6. The molecule has 26 heavy (non-hydrogen) atoms. The molecule has 1 aromatic heterocycles. The van der Waals surface area contributed by atoms with Gasteiger partial charge in [0.05, 0.1) is 6.04 Å². The van der Waals surface area contributed by atoms with Gasteiger partial charge in [-0.25, -0.2) is 0 Å². The number of likely N-dealkylation sites (tertiary alicyclic amines) is 1. The standard InChI is InChI=1S/C21H27N3O2/c1-16-10-14-24(17(2)18-8-4-3-5-9-18)21(26)19(16)20(25)22-11-15-23-12-6-7-13-23/h3-5,8-10,14,17H,6-7,11-13,15H2,1-2H3,(H,22,25). The zero-order valence-corrected chi connectivity index (χ0v) is 15.6. The minimum absolute atomic E-state index is 0.125. The number of nitrogens with one attached hydrogen (secondary N) is 1. The van der Waals surface area contributed by atoms with Crippen LogP contribution in [0.15, 0.2) is 47.4 Å². The monoisotopic (exact) mass is 353 g/mol. The Kier molecular flexibility index (Phi) is 5.89. The van der Waals surface area contributed by atoms with Crippen molar-refractivity contribution in [2.45, 2.75) is 32.7 Å². The number of nitrogens with zero attached hydrogens (tertiary/aromatic N) is 2. The summed E-state index contributed by atoms with van der Waals surface area (Å²) in [5, 5.41) is 2.92. The Bertz CT molecular complexity index is 808. The van der Waals surface area contributed by atoms with Gasteiger partial charge in [0, 0.05) is 19.3 Å². The first-order chi connectivity index (χ1) is 12.6. The van der Waals surface area contributed by atoms with E-state index in [0.29, 0.717) is 12.1 Å². The number of aromatic nitrogens is 1. The molecule has 1 N–H and O–H groups in total. The molecule has 1 amide bonds. The van der Waals surface area contributed by atoms with Crippen LogP contribution in [0.4, 0.5) is 0 Å².